The van der Waals surface area contributed by atoms with Gasteiger partial charge in [-0.15, -0.1) is 11.6 Å². The smallest absolute Gasteiger partial charge is 0.222 e. The Kier molecular flexibility index (Phi) is 5.00. The maximum Gasteiger partial charge on any atom is 0.222 e. The summed E-state index contributed by atoms with van der Waals surface area (Å²) in [6.45, 7) is 3.84. The number of nitrogens with zero attached hydrogens (tertiary/aromatic N) is 1. The number of halogens is 1. The van der Waals surface area contributed by atoms with Crippen molar-refractivity contribution in [2.45, 2.75) is 31.4 Å². The lowest BCUT2D eigenvalue weighted by atomic mass is 10.0. The molecule has 4 heteroatoms. The van der Waals surface area contributed by atoms with Crippen molar-refractivity contribution in [1.29, 1.82) is 0 Å². The van der Waals surface area contributed by atoms with Gasteiger partial charge in [0.05, 0.1) is 6.10 Å². The fourth-order valence-electron chi connectivity index (χ4n) is 2.03. The highest BCUT2D eigenvalue weighted by Crippen LogP contribution is 2.24. The summed E-state index contributed by atoms with van der Waals surface area (Å²) in [5.41, 5.74) is 0.902. The van der Waals surface area contributed by atoms with Gasteiger partial charge in [-0.1, -0.05) is 24.8 Å². The molecule has 0 saturated heterocycles. The molecule has 1 heterocycles. The summed E-state index contributed by atoms with van der Waals surface area (Å²) in [6.07, 6.45) is 1.88. The lowest BCUT2D eigenvalue weighted by molar-refractivity contribution is 0.137. The van der Waals surface area contributed by atoms with Gasteiger partial charge in [0.15, 0.2) is 0 Å². The Hall–Kier alpha value is -1.32. The number of aliphatic hydroxyl groups excluding tert-OH is 1. The molecular formula is C15H18ClNO2. The second-order valence-corrected chi connectivity index (χ2v) is 4.94. The van der Waals surface area contributed by atoms with E-state index in [1.165, 1.54) is 0 Å². The highest BCUT2D eigenvalue weighted by Gasteiger charge is 2.30. The summed E-state index contributed by atoms with van der Waals surface area (Å²) in [5.74, 6) is 1.66. The molecule has 1 aliphatic rings. The van der Waals surface area contributed by atoms with Gasteiger partial charge in [-0.3, -0.25) is 0 Å². The maximum absolute atomic E-state index is 10.1. The molecule has 0 saturated carbocycles. The highest BCUT2D eigenvalue weighted by atomic mass is 35.5. The summed E-state index contributed by atoms with van der Waals surface area (Å²) in [4.78, 5) is 4.43. The third kappa shape index (κ3) is 3.58. The van der Waals surface area contributed by atoms with Crippen molar-refractivity contribution in [2.75, 3.05) is 5.88 Å². The zero-order valence-electron chi connectivity index (χ0n) is 10.8. The highest BCUT2D eigenvalue weighted by molar-refractivity contribution is 6.17. The molecule has 0 fully saturated rings. The molecular weight excluding hydrogens is 262 g/mol. The SMILES string of the molecule is C=C1OC(c2ccccc2)=N[C@@H]1[C@H](O)CCCCCl. The number of ether oxygens (including phenoxy) is 1. The summed E-state index contributed by atoms with van der Waals surface area (Å²) in [7, 11) is 0. The van der Waals surface area contributed by atoms with Crippen LogP contribution in [0.1, 0.15) is 24.8 Å². The van der Waals surface area contributed by atoms with Crippen molar-refractivity contribution >= 4 is 17.5 Å². The van der Waals surface area contributed by atoms with Crippen molar-refractivity contribution < 1.29 is 9.84 Å². The number of unbranched alkanes of at least 4 members (excludes halogenated alkanes) is 1. The van der Waals surface area contributed by atoms with Crippen LogP contribution >= 0.6 is 11.6 Å². The number of hydrogen-bond donors (Lipinski definition) is 1. The predicted octanol–water partition coefficient (Wildman–Crippen LogP) is 3.12. The molecule has 0 spiro atoms. The van der Waals surface area contributed by atoms with E-state index in [0.717, 1.165) is 18.4 Å². The lowest BCUT2D eigenvalue weighted by Gasteiger charge is -2.14. The summed E-state index contributed by atoms with van der Waals surface area (Å²) in [6, 6.07) is 9.27. The van der Waals surface area contributed by atoms with Gasteiger partial charge in [0.1, 0.15) is 11.8 Å². The first-order valence-electron chi connectivity index (χ1n) is 6.46. The number of aliphatic imine (C=N–C) groups is 1. The Bertz CT molecular complexity index is 458. The van der Waals surface area contributed by atoms with Gasteiger partial charge < -0.3 is 9.84 Å². The molecule has 1 N–H and O–H groups in total. The molecule has 0 bridgehead atoms. The van der Waals surface area contributed by atoms with Crippen LogP contribution in [0.4, 0.5) is 0 Å². The van der Waals surface area contributed by atoms with E-state index in [4.69, 9.17) is 16.3 Å². The molecule has 0 unspecified atom stereocenters. The third-order valence-corrected chi connectivity index (χ3v) is 3.35. The molecule has 0 aromatic heterocycles. The average Bonchev–Trinajstić information content (AvgIpc) is 2.82. The monoisotopic (exact) mass is 279 g/mol. The maximum atomic E-state index is 10.1. The van der Waals surface area contributed by atoms with Crippen LogP contribution in [0.25, 0.3) is 0 Å². The first kappa shape index (κ1) is 14.1. The second kappa shape index (κ2) is 6.73. The largest absolute Gasteiger partial charge is 0.441 e. The minimum absolute atomic E-state index is 0.370. The molecule has 0 amide bonds. The van der Waals surface area contributed by atoms with E-state index >= 15 is 0 Å². The molecule has 2 rings (SSSR count). The van der Waals surface area contributed by atoms with Crippen molar-refractivity contribution in [3.05, 3.63) is 48.2 Å². The normalized spacial score (nSPS) is 20.0. The molecule has 19 heavy (non-hydrogen) atoms. The number of benzene rings is 1. The number of aliphatic hydroxyl groups is 1. The molecule has 1 aromatic rings. The fourth-order valence-corrected chi connectivity index (χ4v) is 2.22. The fraction of sp³-hybridized carbons (Fsp3) is 0.400. The van der Waals surface area contributed by atoms with Crippen molar-refractivity contribution in [2.24, 2.45) is 4.99 Å². The quantitative estimate of drug-likeness (QED) is 0.642. The Morgan fingerprint density at radius 2 is 2.05 bits per heavy atom. The van der Waals surface area contributed by atoms with Gasteiger partial charge in [0.2, 0.25) is 5.90 Å². The first-order valence-corrected chi connectivity index (χ1v) is 6.99. The number of alkyl halides is 1. The van der Waals surface area contributed by atoms with E-state index in [9.17, 15) is 5.11 Å². The second-order valence-electron chi connectivity index (χ2n) is 4.57. The van der Waals surface area contributed by atoms with Crippen molar-refractivity contribution in [3.8, 4) is 0 Å². The van der Waals surface area contributed by atoms with Gasteiger partial charge >= 0.3 is 0 Å². The first-order chi connectivity index (χ1) is 9.22. The van der Waals surface area contributed by atoms with Crippen molar-refractivity contribution in [1.82, 2.24) is 0 Å². The topological polar surface area (TPSA) is 41.8 Å². The van der Waals surface area contributed by atoms with E-state index in [-0.39, 0.29) is 6.04 Å². The Labute approximate surface area is 118 Å². The zero-order chi connectivity index (χ0) is 13.7. The Balaban J connectivity index is 2.02. The van der Waals surface area contributed by atoms with Crippen LogP contribution in [0.3, 0.4) is 0 Å². The summed E-state index contributed by atoms with van der Waals surface area (Å²) < 4.78 is 5.56. The molecule has 3 nitrogen and oxygen atoms in total. The van der Waals surface area contributed by atoms with Crippen LogP contribution in [0.5, 0.6) is 0 Å². The van der Waals surface area contributed by atoms with E-state index in [1.807, 2.05) is 30.3 Å². The predicted molar refractivity (Wildman–Crippen MR) is 77.6 cm³/mol. The number of rotatable bonds is 6. The number of hydrogen-bond acceptors (Lipinski definition) is 3. The van der Waals surface area contributed by atoms with E-state index in [1.54, 1.807) is 0 Å². The third-order valence-electron chi connectivity index (χ3n) is 3.08. The van der Waals surface area contributed by atoms with Crippen LogP contribution < -0.4 is 0 Å². The van der Waals surface area contributed by atoms with E-state index in [0.29, 0.717) is 24.0 Å². The Morgan fingerprint density at radius 3 is 2.74 bits per heavy atom. The Morgan fingerprint density at radius 1 is 1.32 bits per heavy atom. The van der Waals surface area contributed by atoms with Gasteiger partial charge in [-0.25, -0.2) is 4.99 Å². The van der Waals surface area contributed by atoms with Crippen LogP contribution in [0, 0.1) is 0 Å². The van der Waals surface area contributed by atoms with Crippen LogP contribution in [-0.4, -0.2) is 29.0 Å². The van der Waals surface area contributed by atoms with E-state index in [2.05, 4.69) is 11.6 Å². The summed E-state index contributed by atoms with van der Waals surface area (Å²) in [5, 5.41) is 10.1. The molecule has 0 radical (unpaired) electrons. The minimum Gasteiger partial charge on any atom is -0.441 e. The van der Waals surface area contributed by atoms with Gasteiger partial charge in [0.25, 0.3) is 0 Å². The minimum atomic E-state index is -0.558. The molecule has 102 valence electrons. The standard InChI is InChI=1S/C15H18ClNO2/c1-11-14(13(18)9-5-6-10-16)17-15(19-11)12-7-3-2-4-8-12/h2-4,7-8,13-14,18H,1,5-6,9-10H2/t13-,14+/m1/s1. The average molecular weight is 280 g/mol. The van der Waals surface area contributed by atoms with E-state index < -0.39 is 6.10 Å². The van der Waals surface area contributed by atoms with Gasteiger partial charge in [0, 0.05) is 11.4 Å². The lowest BCUT2D eigenvalue weighted by Crippen LogP contribution is -2.23. The van der Waals surface area contributed by atoms with Crippen LogP contribution in [0.15, 0.2) is 47.7 Å². The van der Waals surface area contributed by atoms with Gasteiger partial charge in [-0.05, 0) is 31.4 Å². The van der Waals surface area contributed by atoms with Crippen LogP contribution in [-0.2, 0) is 4.74 Å². The van der Waals surface area contributed by atoms with Gasteiger partial charge in [-0.2, -0.15) is 0 Å². The van der Waals surface area contributed by atoms with Crippen LogP contribution in [0.2, 0.25) is 0 Å². The summed E-state index contributed by atoms with van der Waals surface area (Å²) >= 11 is 5.63. The molecule has 2 atom stereocenters. The zero-order valence-corrected chi connectivity index (χ0v) is 11.5. The molecule has 0 aliphatic carbocycles. The molecule has 1 aromatic carbocycles. The van der Waals surface area contributed by atoms with Crippen molar-refractivity contribution in [3.63, 3.8) is 0 Å². The molecule has 1 aliphatic heterocycles.